The lowest BCUT2D eigenvalue weighted by molar-refractivity contribution is 0.770. The van der Waals surface area contributed by atoms with E-state index in [0.29, 0.717) is 5.92 Å². The molecule has 90 valence electrons. The maximum atomic E-state index is 6.30. The van der Waals surface area contributed by atoms with Gasteiger partial charge in [0.05, 0.1) is 16.6 Å². The van der Waals surface area contributed by atoms with Gasteiger partial charge in [0.2, 0.25) is 0 Å². The van der Waals surface area contributed by atoms with E-state index >= 15 is 0 Å². The first kappa shape index (κ1) is 12.2. The Morgan fingerprint density at radius 2 is 2.06 bits per heavy atom. The SMILES string of the molecule is Cc1cccc(C(N)c2snnc2C(C)C)c1. The van der Waals surface area contributed by atoms with E-state index in [1.54, 1.807) is 0 Å². The second-order valence-electron chi connectivity index (χ2n) is 4.57. The number of hydrogen-bond donors (Lipinski definition) is 1. The van der Waals surface area contributed by atoms with Gasteiger partial charge in [-0.3, -0.25) is 0 Å². The van der Waals surface area contributed by atoms with E-state index in [-0.39, 0.29) is 6.04 Å². The second-order valence-corrected chi connectivity index (χ2v) is 5.35. The van der Waals surface area contributed by atoms with Gasteiger partial charge in [-0.2, -0.15) is 0 Å². The predicted molar refractivity (Wildman–Crippen MR) is 71.2 cm³/mol. The van der Waals surface area contributed by atoms with Crippen molar-refractivity contribution in [3.8, 4) is 0 Å². The number of benzene rings is 1. The van der Waals surface area contributed by atoms with E-state index in [1.165, 1.54) is 17.1 Å². The third-order valence-corrected chi connectivity index (χ3v) is 3.59. The van der Waals surface area contributed by atoms with E-state index in [0.717, 1.165) is 16.1 Å². The molecule has 0 spiro atoms. The molecule has 1 atom stereocenters. The quantitative estimate of drug-likeness (QED) is 0.907. The van der Waals surface area contributed by atoms with Crippen molar-refractivity contribution in [1.82, 2.24) is 9.59 Å². The number of aryl methyl sites for hydroxylation is 1. The molecule has 4 heteroatoms. The Bertz CT molecular complexity index is 505. The molecule has 0 saturated carbocycles. The van der Waals surface area contributed by atoms with Gasteiger partial charge in [0.1, 0.15) is 0 Å². The van der Waals surface area contributed by atoms with Gasteiger partial charge < -0.3 is 5.73 Å². The fourth-order valence-electron chi connectivity index (χ4n) is 1.84. The molecular weight excluding hydrogens is 230 g/mol. The molecule has 0 amide bonds. The molecule has 1 heterocycles. The summed E-state index contributed by atoms with van der Waals surface area (Å²) in [6.07, 6.45) is 0. The van der Waals surface area contributed by atoms with Crippen molar-refractivity contribution in [1.29, 1.82) is 0 Å². The van der Waals surface area contributed by atoms with Crippen molar-refractivity contribution in [3.63, 3.8) is 0 Å². The first-order chi connectivity index (χ1) is 8.09. The molecule has 1 aromatic carbocycles. The Balaban J connectivity index is 2.37. The van der Waals surface area contributed by atoms with E-state index in [1.807, 2.05) is 6.07 Å². The van der Waals surface area contributed by atoms with Crippen LogP contribution in [0.3, 0.4) is 0 Å². The largest absolute Gasteiger partial charge is 0.320 e. The van der Waals surface area contributed by atoms with Crippen LogP contribution in [0.15, 0.2) is 24.3 Å². The summed E-state index contributed by atoms with van der Waals surface area (Å²) >= 11 is 1.40. The number of nitrogens with zero attached hydrogens (tertiary/aromatic N) is 2. The van der Waals surface area contributed by atoms with Crippen LogP contribution in [-0.4, -0.2) is 9.59 Å². The third kappa shape index (κ3) is 2.53. The Kier molecular flexibility index (Phi) is 3.54. The molecule has 0 radical (unpaired) electrons. The topological polar surface area (TPSA) is 51.8 Å². The monoisotopic (exact) mass is 247 g/mol. The molecule has 2 rings (SSSR count). The minimum atomic E-state index is -0.118. The fourth-order valence-corrected chi connectivity index (χ4v) is 2.67. The van der Waals surface area contributed by atoms with Crippen LogP contribution in [0.2, 0.25) is 0 Å². The van der Waals surface area contributed by atoms with Crippen LogP contribution < -0.4 is 5.73 Å². The zero-order chi connectivity index (χ0) is 12.4. The highest BCUT2D eigenvalue weighted by molar-refractivity contribution is 7.05. The molecule has 2 N–H and O–H groups in total. The van der Waals surface area contributed by atoms with Gasteiger partial charge in [-0.1, -0.05) is 48.2 Å². The molecule has 17 heavy (non-hydrogen) atoms. The highest BCUT2D eigenvalue weighted by atomic mass is 32.1. The van der Waals surface area contributed by atoms with E-state index in [9.17, 15) is 0 Å². The Morgan fingerprint density at radius 3 is 2.71 bits per heavy atom. The zero-order valence-electron chi connectivity index (χ0n) is 10.3. The van der Waals surface area contributed by atoms with E-state index < -0.39 is 0 Å². The van der Waals surface area contributed by atoms with Crippen molar-refractivity contribution in [2.45, 2.75) is 32.7 Å². The molecule has 2 aromatic rings. The number of nitrogens with two attached hydrogens (primary N) is 1. The van der Waals surface area contributed by atoms with Crippen molar-refractivity contribution in [2.24, 2.45) is 5.73 Å². The van der Waals surface area contributed by atoms with Crippen molar-refractivity contribution >= 4 is 11.5 Å². The highest BCUT2D eigenvalue weighted by Gasteiger charge is 2.19. The molecule has 1 aromatic heterocycles. The summed E-state index contributed by atoms with van der Waals surface area (Å²) in [7, 11) is 0. The smallest absolute Gasteiger partial charge is 0.0832 e. The first-order valence-electron chi connectivity index (χ1n) is 5.74. The third-order valence-electron chi connectivity index (χ3n) is 2.77. The first-order valence-corrected chi connectivity index (χ1v) is 6.51. The molecule has 0 saturated heterocycles. The molecule has 0 aliphatic carbocycles. The molecule has 3 nitrogen and oxygen atoms in total. The van der Waals surface area contributed by atoms with Gasteiger partial charge in [0.15, 0.2) is 0 Å². The Morgan fingerprint density at radius 1 is 1.29 bits per heavy atom. The Labute approximate surface area is 106 Å². The standard InChI is InChI=1S/C13H17N3S/c1-8(2)12-13(17-16-15-12)11(14)10-6-4-5-9(3)7-10/h4-8,11H,14H2,1-3H3. The molecule has 1 unspecified atom stereocenters. The molecule has 0 aliphatic rings. The summed E-state index contributed by atoms with van der Waals surface area (Å²) in [6, 6.07) is 8.17. The van der Waals surface area contributed by atoms with Crippen molar-refractivity contribution in [2.75, 3.05) is 0 Å². The number of rotatable bonds is 3. The van der Waals surface area contributed by atoms with E-state index in [2.05, 4.69) is 48.6 Å². The maximum absolute atomic E-state index is 6.30. The van der Waals surface area contributed by atoms with Gasteiger partial charge in [0.25, 0.3) is 0 Å². The summed E-state index contributed by atoms with van der Waals surface area (Å²) in [6.45, 7) is 6.30. The van der Waals surface area contributed by atoms with Crippen LogP contribution in [-0.2, 0) is 0 Å². The van der Waals surface area contributed by atoms with Crippen LogP contribution in [0.25, 0.3) is 0 Å². The zero-order valence-corrected chi connectivity index (χ0v) is 11.2. The molecule has 0 bridgehead atoms. The van der Waals surface area contributed by atoms with Crippen LogP contribution in [0, 0.1) is 6.92 Å². The molecular formula is C13H17N3S. The van der Waals surface area contributed by atoms with Gasteiger partial charge in [-0.25, -0.2) is 0 Å². The summed E-state index contributed by atoms with van der Waals surface area (Å²) in [5.74, 6) is 0.361. The van der Waals surface area contributed by atoms with Crippen molar-refractivity contribution in [3.05, 3.63) is 46.0 Å². The number of aromatic nitrogens is 2. The second kappa shape index (κ2) is 4.94. The Hall–Kier alpha value is -1.26. The average molecular weight is 247 g/mol. The normalized spacial score (nSPS) is 13.0. The van der Waals surface area contributed by atoms with Crippen LogP contribution in [0.4, 0.5) is 0 Å². The predicted octanol–water partition coefficient (Wildman–Crippen LogP) is 3.02. The minimum absolute atomic E-state index is 0.118. The van der Waals surface area contributed by atoms with Crippen molar-refractivity contribution < 1.29 is 0 Å². The van der Waals surface area contributed by atoms with Crippen LogP contribution in [0.5, 0.6) is 0 Å². The summed E-state index contributed by atoms with van der Waals surface area (Å²) in [5.41, 5.74) is 9.66. The van der Waals surface area contributed by atoms with Gasteiger partial charge in [-0.05, 0) is 29.9 Å². The summed E-state index contributed by atoms with van der Waals surface area (Å²) in [4.78, 5) is 1.07. The minimum Gasteiger partial charge on any atom is -0.320 e. The van der Waals surface area contributed by atoms with Gasteiger partial charge >= 0.3 is 0 Å². The maximum Gasteiger partial charge on any atom is 0.0832 e. The van der Waals surface area contributed by atoms with Gasteiger partial charge in [0, 0.05) is 0 Å². The lowest BCUT2D eigenvalue weighted by Crippen LogP contribution is -2.13. The van der Waals surface area contributed by atoms with E-state index in [4.69, 9.17) is 5.73 Å². The molecule has 0 aliphatic heterocycles. The lowest BCUT2D eigenvalue weighted by Gasteiger charge is -2.13. The van der Waals surface area contributed by atoms with Crippen LogP contribution in [0.1, 0.15) is 47.5 Å². The summed E-state index contributed by atoms with van der Waals surface area (Å²) in [5, 5.41) is 4.17. The summed E-state index contributed by atoms with van der Waals surface area (Å²) < 4.78 is 4.02. The van der Waals surface area contributed by atoms with Crippen LogP contribution >= 0.6 is 11.5 Å². The average Bonchev–Trinajstić information content (AvgIpc) is 2.77. The highest BCUT2D eigenvalue weighted by Crippen LogP contribution is 2.29. The molecule has 0 fully saturated rings. The lowest BCUT2D eigenvalue weighted by atomic mass is 10.00. The number of hydrogen-bond acceptors (Lipinski definition) is 4. The fraction of sp³-hybridized carbons (Fsp3) is 0.385. The van der Waals surface area contributed by atoms with Gasteiger partial charge in [-0.15, -0.1) is 5.10 Å².